The quantitative estimate of drug-likeness (QED) is 0.0940. The Morgan fingerprint density at radius 2 is 1.17 bits per heavy atom. The van der Waals surface area contributed by atoms with Gasteiger partial charge in [0.15, 0.2) is 46.7 Å². The number of aliphatic hydroxyl groups is 1. The van der Waals surface area contributed by atoms with Crippen molar-refractivity contribution in [3.63, 3.8) is 0 Å². The molecule has 0 spiro atoms. The Hall–Kier alpha value is -6.94. The molecule has 2 unspecified atom stereocenters. The molecule has 0 aliphatic carbocycles. The maximum Gasteiger partial charge on any atom is 0.338 e. The number of aromatic hydroxyl groups is 10. The molecule has 0 radical (unpaired) electrons. The molecule has 11 N–H and O–H groups in total. The van der Waals surface area contributed by atoms with Crippen molar-refractivity contribution < 1.29 is 75.2 Å². The van der Waals surface area contributed by atoms with Crippen LogP contribution in [-0.4, -0.2) is 74.3 Å². The summed E-state index contributed by atoms with van der Waals surface area (Å²) in [6.07, 6.45) is -6.28. The van der Waals surface area contributed by atoms with Crippen molar-refractivity contribution in [2.45, 2.75) is 37.3 Å². The number of benzene rings is 4. The average Bonchev–Trinajstić information content (AvgIpc) is 3.20. The van der Waals surface area contributed by atoms with Crippen molar-refractivity contribution in [1.29, 1.82) is 0 Å². The lowest BCUT2D eigenvalue weighted by Crippen LogP contribution is -2.34. The molecule has 52 heavy (non-hydrogen) atoms. The summed E-state index contributed by atoms with van der Waals surface area (Å²) >= 11 is 0. The molecule has 0 saturated heterocycles. The number of carbonyl (C=O) groups excluding carboxylic acids is 1. The molecular formula is C36H28O16. The molecular weight excluding hydrogens is 688 g/mol. The molecule has 0 saturated carbocycles. The summed E-state index contributed by atoms with van der Waals surface area (Å²) in [6.45, 7) is 0. The number of ether oxygens (including phenoxy) is 3. The van der Waals surface area contributed by atoms with Gasteiger partial charge in [-0.1, -0.05) is 0 Å². The molecule has 0 fully saturated rings. The standard InChI is InChI=1S/C36H28O16/c37-14-5-20(39)18-10-26(45)35(51-27(18)7-14)17-9-25(44)33(48)30-16(17)1-12(2-24(43)32(30)47)34-29(11-19-21(40)6-15(38)8-28(19)50-34)52-36(49)13-3-22(41)31(46)23(42)4-13/h1-9,26,29,34-35,37-42,44-46,48H,10-11H2,(H,43,47)/t26?,29-,34-,35?/m1/s1. The molecule has 7 rings (SSSR count). The zero-order valence-electron chi connectivity index (χ0n) is 26.4. The lowest BCUT2D eigenvalue weighted by molar-refractivity contribution is -0.0188. The van der Waals surface area contributed by atoms with E-state index in [4.69, 9.17) is 14.2 Å². The predicted molar refractivity (Wildman–Crippen MR) is 176 cm³/mol. The van der Waals surface area contributed by atoms with Crippen molar-refractivity contribution >= 4 is 16.7 Å². The van der Waals surface area contributed by atoms with E-state index in [0.717, 1.165) is 42.5 Å². The maximum atomic E-state index is 13.6. The summed E-state index contributed by atoms with van der Waals surface area (Å²) in [4.78, 5) is 27.0. The Labute approximate surface area is 290 Å². The zero-order valence-corrected chi connectivity index (χ0v) is 26.4. The minimum absolute atomic E-state index is 0.0376. The van der Waals surface area contributed by atoms with Gasteiger partial charge in [0.05, 0.1) is 17.1 Å². The molecule has 5 aromatic carbocycles. The normalized spacial score (nSPS) is 19.2. The smallest absolute Gasteiger partial charge is 0.338 e. The topological polar surface area (TPSA) is 284 Å². The molecule has 16 heteroatoms. The van der Waals surface area contributed by atoms with Crippen LogP contribution in [0.15, 0.2) is 59.4 Å². The second-order valence-electron chi connectivity index (χ2n) is 12.4. The highest BCUT2D eigenvalue weighted by atomic mass is 16.6. The molecule has 0 amide bonds. The van der Waals surface area contributed by atoms with Crippen molar-refractivity contribution in [3.8, 4) is 69.0 Å². The summed E-state index contributed by atoms with van der Waals surface area (Å²) < 4.78 is 17.8. The molecule has 0 aromatic heterocycles. The lowest BCUT2D eigenvalue weighted by atomic mass is 9.90. The number of esters is 1. The van der Waals surface area contributed by atoms with Gasteiger partial charge in [0, 0.05) is 59.4 Å². The molecule has 4 atom stereocenters. The Balaban J connectivity index is 1.41. The van der Waals surface area contributed by atoms with E-state index >= 15 is 0 Å². The van der Waals surface area contributed by atoms with Crippen LogP contribution in [0.3, 0.4) is 0 Å². The minimum Gasteiger partial charge on any atom is -0.508 e. The van der Waals surface area contributed by atoms with Crippen molar-refractivity contribution in [1.82, 2.24) is 0 Å². The van der Waals surface area contributed by atoms with E-state index < -0.39 is 92.8 Å². The van der Waals surface area contributed by atoms with Gasteiger partial charge in [-0.2, -0.15) is 0 Å². The van der Waals surface area contributed by atoms with Crippen LogP contribution in [0, 0.1) is 0 Å². The number of rotatable bonds is 4. The number of fused-ring (bicyclic) bond motifs is 3. The van der Waals surface area contributed by atoms with Gasteiger partial charge in [0.2, 0.25) is 5.43 Å². The Morgan fingerprint density at radius 3 is 1.79 bits per heavy atom. The fourth-order valence-electron chi connectivity index (χ4n) is 6.53. The van der Waals surface area contributed by atoms with Crippen LogP contribution in [0.2, 0.25) is 0 Å². The van der Waals surface area contributed by atoms with Crippen LogP contribution in [0.25, 0.3) is 10.8 Å². The summed E-state index contributed by atoms with van der Waals surface area (Å²) in [5.74, 6) is -8.17. The van der Waals surface area contributed by atoms with Crippen LogP contribution in [0.5, 0.6) is 69.0 Å². The van der Waals surface area contributed by atoms with Crippen LogP contribution in [0.1, 0.15) is 44.8 Å². The van der Waals surface area contributed by atoms with E-state index in [1.807, 2.05) is 0 Å². The fraction of sp³-hybridized carbons (Fsp3) is 0.167. The minimum atomic E-state index is -1.48. The van der Waals surface area contributed by atoms with Gasteiger partial charge in [-0.05, 0) is 35.7 Å². The number of phenols is 9. The van der Waals surface area contributed by atoms with Gasteiger partial charge in [-0.15, -0.1) is 0 Å². The van der Waals surface area contributed by atoms with Gasteiger partial charge in [-0.3, -0.25) is 4.79 Å². The maximum absolute atomic E-state index is 13.6. The largest absolute Gasteiger partial charge is 0.508 e. The number of carbonyl (C=O) groups is 1. The first-order valence-corrected chi connectivity index (χ1v) is 15.4. The summed E-state index contributed by atoms with van der Waals surface area (Å²) in [5, 5.41) is 114. The van der Waals surface area contributed by atoms with E-state index in [2.05, 4.69) is 0 Å². The van der Waals surface area contributed by atoms with E-state index in [1.54, 1.807) is 0 Å². The molecule has 0 bridgehead atoms. The highest BCUT2D eigenvalue weighted by Crippen LogP contribution is 2.48. The fourth-order valence-corrected chi connectivity index (χ4v) is 6.53. The third-order valence-electron chi connectivity index (χ3n) is 8.98. The highest BCUT2D eigenvalue weighted by Gasteiger charge is 2.39. The number of hydrogen-bond donors (Lipinski definition) is 11. The SMILES string of the molecule is O=C(O[C@@H]1Cc2c(O)cc(O)cc2O[C@@H]1c1cc(O)c(=O)c2c(O)c(O)cc(C3Oc4cc(O)cc(O)c4CC3O)c2c1)c1cc(O)c(O)c(O)c1. The summed E-state index contributed by atoms with van der Waals surface area (Å²) in [6, 6.07) is 9.20. The zero-order chi connectivity index (χ0) is 37.3. The third kappa shape index (κ3) is 5.56. The van der Waals surface area contributed by atoms with E-state index in [-0.39, 0.29) is 63.5 Å². The third-order valence-corrected chi connectivity index (χ3v) is 8.98. The van der Waals surface area contributed by atoms with Gasteiger partial charge in [0.25, 0.3) is 0 Å². The first kappa shape index (κ1) is 33.6. The first-order valence-electron chi connectivity index (χ1n) is 15.4. The average molecular weight is 717 g/mol. The second kappa shape index (κ2) is 12.1. The Kier molecular flexibility index (Phi) is 7.83. The predicted octanol–water partition coefficient (Wildman–Crippen LogP) is 3.19. The highest BCUT2D eigenvalue weighted by molar-refractivity contribution is 5.94. The van der Waals surface area contributed by atoms with Crippen LogP contribution in [-0.2, 0) is 17.6 Å². The van der Waals surface area contributed by atoms with E-state index in [0.29, 0.717) is 0 Å². The van der Waals surface area contributed by atoms with Gasteiger partial charge in [-0.25, -0.2) is 4.79 Å². The molecule has 2 aliphatic heterocycles. The number of phenolic OH excluding ortho intramolecular Hbond substituents is 9. The first-order chi connectivity index (χ1) is 24.6. The van der Waals surface area contributed by atoms with E-state index in [9.17, 15) is 65.8 Å². The molecule has 2 aliphatic rings. The molecule has 268 valence electrons. The van der Waals surface area contributed by atoms with Gasteiger partial charge in [0.1, 0.15) is 40.6 Å². The Bertz CT molecular complexity index is 2370. The monoisotopic (exact) mass is 716 g/mol. The van der Waals surface area contributed by atoms with Crippen LogP contribution < -0.4 is 14.9 Å². The van der Waals surface area contributed by atoms with Crippen molar-refractivity contribution in [2.75, 3.05) is 0 Å². The summed E-state index contributed by atoms with van der Waals surface area (Å²) in [5.41, 5.74) is -1.58. The van der Waals surface area contributed by atoms with Crippen LogP contribution in [0.4, 0.5) is 0 Å². The Morgan fingerprint density at radius 1 is 0.615 bits per heavy atom. The molecule has 16 nitrogen and oxygen atoms in total. The number of hydrogen-bond acceptors (Lipinski definition) is 16. The van der Waals surface area contributed by atoms with E-state index in [1.165, 1.54) is 12.1 Å². The molecule has 5 aromatic rings. The van der Waals surface area contributed by atoms with Crippen LogP contribution >= 0.6 is 0 Å². The van der Waals surface area contributed by atoms with Gasteiger partial charge < -0.3 is 70.4 Å². The van der Waals surface area contributed by atoms with Crippen molar-refractivity contribution in [3.05, 3.63) is 92.6 Å². The van der Waals surface area contributed by atoms with Crippen molar-refractivity contribution in [2.24, 2.45) is 0 Å². The number of aliphatic hydroxyl groups excluding tert-OH is 1. The lowest BCUT2D eigenvalue weighted by Gasteiger charge is -2.34. The molecule has 2 heterocycles. The summed E-state index contributed by atoms with van der Waals surface area (Å²) in [7, 11) is 0. The van der Waals surface area contributed by atoms with Gasteiger partial charge >= 0.3 is 5.97 Å². The second-order valence-corrected chi connectivity index (χ2v) is 12.4.